The van der Waals surface area contributed by atoms with Gasteiger partial charge in [-0.05, 0) is 58.9 Å². The summed E-state index contributed by atoms with van der Waals surface area (Å²) in [7, 11) is 0. The average molecular weight is 367 g/mol. The van der Waals surface area contributed by atoms with Crippen molar-refractivity contribution in [2.75, 3.05) is 0 Å². The molecule has 2 aromatic rings. The molecular formula is C15H15BrN2O2S. The molecule has 1 heterocycles. The summed E-state index contributed by atoms with van der Waals surface area (Å²) in [6.45, 7) is 3.67. The fourth-order valence-electron chi connectivity index (χ4n) is 1.56. The number of nitrogens with zero attached hydrogens (tertiary/aromatic N) is 1. The number of hydrogen-bond acceptors (Lipinski definition) is 4. The highest BCUT2D eigenvalue weighted by atomic mass is 79.9. The van der Waals surface area contributed by atoms with Gasteiger partial charge in [-0.1, -0.05) is 12.1 Å². The van der Waals surface area contributed by atoms with Gasteiger partial charge in [0.25, 0.3) is 5.91 Å². The number of carbonyl (C=O) groups excluding carboxylic acids is 1. The number of thiophene rings is 1. The Labute approximate surface area is 136 Å². The molecule has 21 heavy (non-hydrogen) atoms. The van der Waals surface area contributed by atoms with Gasteiger partial charge >= 0.3 is 0 Å². The minimum atomic E-state index is -0.635. The van der Waals surface area contributed by atoms with Gasteiger partial charge in [0, 0.05) is 4.88 Å². The number of halogens is 1. The Hall–Kier alpha value is -1.66. The second kappa shape index (κ2) is 7.38. The van der Waals surface area contributed by atoms with Crippen molar-refractivity contribution in [3.05, 3.63) is 50.6 Å². The number of amides is 1. The number of hydrogen-bond donors (Lipinski definition) is 1. The van der Waals surface area contributed by atoms with Crippen LogP contribution in [0.25, 0.3) is 0 Å². The van der Waals surface area contributed by atoms with Crippen molar-refractivity contribution in [2.24, 2.45) is 5.10 Å². The molecule has 4 nitrogen and oxygen atoms in total. The molecule has 1 amide bonds. The summed E-state index contributed by atoms with van der Waals surface area (Å²) in [5.74, 6) is 0.334. The van der Waals surface area contributed by atoms with Gasteiger partial charge in [-0.25, -0.2) is 5.43 Å². The first-order valence-corrected chi connectivity index (χ1v) is 8.03. The van der Waals surface area contributed by atoms with Gasteiger partial charge in [0.1, 0.15) is 5.75 Å². The van der Waals surface area contributed by atoms with Crippen LogP contribution in [-0.2, 0) is 4.79 Å². The second-order valence-corrected chi connectivity index (χ2v) is 6.28. The van der Waals surface area contributed by atoms with E-state index in [4.69, 9.17) is 4.74 Å². The number of ether oxygens (including phenoxy) is 1. The highest BCUT2D eigenvalue weighted by molar-refractivity contribution is 9.10. The Bertz CT molecular complexity index is 641. The van der Waals surface area contributed by atoms with Crippen LogP contribution >= 0.6 is 27.3 Å². The first-order valence-electron chi connectivity index (χ1n) is 6.35. The molecule has 0 saturated carbocycles. The molecule has 0 aliphatic carbocycles. The van der Waals surface area contributed by atoms with Crippen molar-refractivity contribution in [1.82, 2.24) is 5.43 Å². The summed E-state index contributed by atoms with van der Waals surface area (Å²) >= 11 is 4.97. The maximum absolute atomic E-state index is 11.9. The molecule has 1 N–H and O–H groups in total. The average Bonchev–Trinajstić information content (AvgIpc) is 2.95. The maximum Gasteiger partial charge on any atom is 0.280 e. The Balaban J connectivity index is 1.90. The van der Waals surface area contributed by atoms with Gasteiger partial charge < -0.3 is 4.74 Å². The van der Waals surface area contributed by atoms with E-state index in [0.717, 1.165) is 14.9 Å². The van der Waals surface area contributed by atoms with Gasteiger partial charge in [-0.15, -0.1) is 11.3 Å². The Morgan fingerprint density at radius 2 is 2.29 bits per heavy atom. The van der Waals surface area contributed by atoms with E-state index in [1.165, 1.54) is 0 Å². The van der Waals surface area contributed by atoms with Crippen LogP contribution in [0.1, 0.15) is 17.4 Å². The summed E-state index contributed by atoms with van der Waals surface area (Å²) in [4.78, 5) is 12.9. The molecule has 1 atom stereocenters. The lowest BCUT2D eigenvalue weighted by molar-refractivity contribution is -0.127. The van der Waals surface area contributed by atoms with Gasteiger partial charge in [-0.3, -0.25) is 4.79 Å². The van der Waals surface area contributed by atoms with Gasteiger partial charge in [0.15, 0.2) is 6.10 Å². The SMILES string of the molecule is Cc1ccc(OC(C)C(=O)N/N=C/c2cccs2)c(Br)c1. The molecule has 1 aromatic heterocycles. The van der Waals surface area contributed by atoms with Crippen molar-refractivity contribution in [3.8, 4) is 5.75 Å². The van der Waals surface area contributed by atoms with E-state index in [0.29, 0.717) is 5.75 Å². The van der Waals surface area contributed by atoms with Gasteiger partial charge in [0.05, 0.1) is 10.7 Å². The summed E-state index contributed by atoms with van der Waals surface area (Å²) in [6.07, 6.45) is 0.973. The molecule has 0 aliphatic heterocycles. The van der Waals surface area contributed by atoms with E-state index in [9.17, 15) is 4.79 Å². The van der Waals surface area contributed by atoms with E-state index < -0.39 is 6.10 Å². The predicted octanol–water partition coefficient (Wildman–Crippen LogP) is 3.74. The number of carbonyl (C=O) groups is 1. The molecule has 0 fully saturated rings. The summed E-state index contributed by atoms with van der Waals surface area (Å²) in [5.41, 5.74) is 3.59. The molecule has 0 spiro atoms. The molecule has 0 bridgehead atoms. The normalized spacial score (nSPS) is 12.3. The largest absolute Gasteiger partial charge is 0.480 e. The van der Waals surface area contributed by atoms with Crippen LogP contribution in [0.15, 0.2) is 45.3 Å². The molecule has 0 aliphatic rings. The van der Waals surface area contributed by atoms with Crippen molar-refractivity contribution >= 4 is 39.4 Å². The lowest BCUT2D eigenvalue weighted by Gasteiger charge is -2.14. The van der Waals surface area contributed by atoms with Gasteiger partial charge in [-0.2, -0.15) is 5.10 Å². The highest BCUT2D eigenvalue weighted by Crippen LogP contribution is 2.26. The first kappa shape index (κ1) is 15.7. The van der Waals surface area contributed by atoms with E-state index in [-0.39, 0.29) is 5.91 Å². The third-order valence-electron chi connectivity index (χ3n) is 2.67. The summed E-state index contributed by atoms with van der Waals surface area (Å²) < 4.78 is 6.44. The maximum atomic E-state index is 11.9. The fourth-order valence-corrected chi connectivity index (χ4v) is 2.73. The summed E-state index contributed by atoms with van der Waals surface area (Å²) in [6, 6.07) is 9.55. The van der Waals surface area contributed by atoms with Crippen LogP contribution < -0.4 is 10.2 Å². The van der Waals surface area contributed by atoms with E-state index in [2.05, 4.69) is 26.5 Å². The number of nitrogens with one attached hydrogen (secondary N) is 1. The number of benzene rings is 1. The summed E-state index contributed by atoms with van der Waals surface area (Å²) in [5, 5.41) is 5.86. The van der Waals surface area contributed by atoms with Crippen molar-refractivity contribution < 1.29 is 9.53 Å². The van der Waals surface area contributed by atoms with Crippen LogP contribution in [0, 0.1) is 6.92 Å². The molecular weight excluding hydrogens is 352 g/mol. The Kier molecular flexibility index (Phi) is 5.52. The lowest BCUT2D eigenvalue weighted by atomic mass is 10.2. The van der Waals surface area contributed by atoms with E-state index in [1.807, 2.05) is 42.6 Å². The van der Waals surface area contributed by atoms with Crippen LogP contribution in [0.4, 0.5) is 0 Å². The van der Waals surface area contributed by atoms with Crippen LogP contribution in [0.5, 0.6) is 5.75 Å². The van der Waals surface area contributed by atoms with Crippen molar-refractivity contribution in [3.63, 3.8) is 0 Å². The van der Waals surface area contributed by atoms with Crippen molar-refractivity contribution in [2.45, 2.75) is 20.0 Å². The lowest BCUT2D eigenvalue weighted by Crippen LogP contribution is -2.33. The molecule has 1 aromatic carbocycles. The van der Waals surface area contributed by atoms with Crippen molar-refractivity contribution in [1.29, 1.82) is 0 Å². The molecule has 6 heteroatoms. The predicted molar refractivity (Wildman–Crippen MR) is 89.0 cm³/mol. The monoisotopic (exact) mass is 366 g/mol. The van der Waals surface area contributed by atoms with Crippen LogP contribution in [0.3, 0.4) is 0 Å². The topological polar surface area (TPSA) is 50.7 Å². The zero-order valence-corrected chi connectivity index (χ0v) is 14.1. The van der Waals surface area contributed by atoms with Crippen LogP contribution in [0.2, 0.25) is 0 Å². The first-order chi connectivity index (χ1) is 10.1. The van der Waals surface area contributed by atoms with E-state index >= 15 is 0 Å². The molecule has 110 valence electrons. The minimum Gasteiger partial charge on any atom is -0.480 e. The van der Waals surface area contributed by atoms with Crippen LogP contribution in [-0.4, -0.2) is 18.2 Å². The second-order valence-electron chi connectivity index (χ2n) is 4.44. The third kappa shape index (κ3) is 4.68. The van der Waals surface area contributed by atoms with Gasteiger partial charge in [0.2, 0.25) is 0 Å². The quantitative estimate of drug-likeness (QED) is 0.647. The minimum absolute atomic E-state index is 0.296. The number of aryl methyl sites for hydroxylation is 1. The van der Waals surface area contributed by atoms with E-state index in [1.54, 1.807) is 24.5 Å². The number of hydrazone groups is 1. The molecule has 1 unspecified atom stereocenters. The zero-order valence-electron chi connectivity index (χ0n) is 11.7. The smallest absolute Gasteiger partial charge is 0.280 e. The zero-order chi connectivity index (χ0) is 15.2. The molecule has 2 rings (SSSR count). The molecule has 0 saturated heterocycles. The third-order valence-corrected chi connectivity index (χ3v) is 4.10. The Morgan fingerprint density at radius 1 is 1.48 bits per heavy atom. The fraction of sp³-hybridized carbons (Fsp3) is 0.200. The Morgan fingerprint density at radius 3 is 2.95 bits per heavy atom. The number of rotatable bonds is 5. The molecule has 0 radical (unpaired) electrons. The highest BCUT2D eigenvalue weighted by Gasteiger charge is 2.15. The standard InChI is InChI=1S/C15H15BrN2O2S/c1-10-5-6-14(13(16)8-10)20-11(2)15(19)18-17-9-12-4-3-7-21-12/h3-9,11H,1-2H3,(H,18,19)/b17-9+.